The minimum atomic E-state index is -0.631. The van der Waals surface area contributed by atoms with E-state index in [4.69, 9.17) is 5.73 Å². The van der Waals surface area contributed by atoms with Crippen molar-refractivity contribution >= 4 is 17.6 Å². The minimum absolute atomic E-state index is 0.0443. The molecule has 0 bridgehead atoms. The first kappa shape index (κ1) is 10.6. The fraction of sp³-hybridized carbons (Fsp3) is 0.200. The van der Waals surface area contributed by atoms with Crippen LogP contribution in [0.4, 0.5) is 14.9 Å². The van der Waals surface area contributed by atoms with Gasteiger partial charge in [-0.05, 0) is 17.7 Å². The number of nitrogens with one attached hydrogen (secondary N) is 1. The van der Waals surface area contributed by atoms with Crippen LogP contribution in [-0.2, 0) is 11.3 Å². The molecular formula is C10H10FN3O2. The fourth-order valence-electron chi connectivity index (χ4n) is 1.53. The van der Waals surface area contributed by atoms with Crippen molar-refractivity contribution in [1.82, 2.24) is 5.32 Å². The van der Waals surface area contributed by atoms with E-state index in [-0.39, 0.29) is 18.8 Å². The van der Waals surface area contributed by atoms with Crippen LogP contribution in [-0.4, -0.2) is 18.5 Å². The van der Waals surface area contributed by atoms with Crippen molar-refractivity contribution in [2.75, 3.05) is 11.4 Å². The summed E-state index contributed by atoms with van der Waals surface area (Å²) in [7, 11) is 0. The number of anilines is 1. The molecule has 1 saturated heterocycles. The number of nitrogens with zero attached hydrogens (tertiary/aromatic N) is 1. The Hall–Kier alpha value is -1.95. The summed E-state index contributed by atoms with van der Waals surface area (Å²) in [5.41, 5.74) is 5.91. The number of nitrogens with two attached hydrogens (primary N) is 1. The van der Waals surface area contributed by atoms with E-state index in [1.54, 1.807) is 6.07 Å². The maximum Gasteiger partial charge on any atom is 0.329 e. The average Bonchev–Trinajstić information content (AvgIpc) is 2.59. The number of amides is 3. The van der Waals surface area contributed by atoms with Gasteiger partial charge in [-0.1, -0.05) is 6.07 Å². The fourth-order valence-corrected chi connectivity index (χ4v) is 1.53. The van der Waals surface area contributed by atoms with Crippen molar-refractivity contribution in [1.29, 1.82) is 0 Å². The molecule has 0 saturated carbocycles. The Morgan fingerprint density at radius 2 is 2.19 bits per heavy atom. The maximum atomic E-state index is 13.6. The van der Waals surface area contributed by atoms with Crippen molar-refractivity contribution in [3.05, 3.63) is 29.6 Å². The maximum absolute atomic E-state index is 13.6. The smallest absolute Gasteiger partial charge is 0.328 e. The van der Waals surface area contributed by atoms with Gasteiger partial charge in [0.05, 0.1) is 12.2 Å². The number of hydrogen-bond donors (Lipinski definition) is 2. The third kappa shape index (κ3) is 1.63. The van der Waals surface area contributed by atoms with Crippen molar-refractivity contribution in [2.24, 2.45) is 5.73 Å². The summed E-state index contributed by atoms with van der Waals surface area (Å²) in [6.45, 7) is 0.105. The number of rotatable bonds is 2. The monoisotopic (exact) mass is 223 g/mol. The second kappa shape index (κ2) is 3.90. The summed E-state index contributed by atoms with van der Waals surface area (Å²) >= 11 is 0. The number of hydrogen-bond acceptors (Lipinski definition) is 3. The zero-order valence-corrected chi connectivity index (χ0v) is 8.37. The molecule has 1 aliphatic rings. The van der Waals surface area contributed by atoms with E-state index in [1.165, 1.54) is 12.1 Å². The lowest BCUT2D eigenvalue weighted by Gasteiger charge is -2.13. The molecule has 0 aromatic heterocycles. The summed E-state index contributed by atoms with van der Waals surface area (Å²) in [6.07, 6.45) is 0. The van der Waals surface area contributed by atoms with Gasteiger partial charge in [0, 0.05) is 6.54 Å². The Morgan fingerprint density at radius 3 is 2.69 bits per heavy atom. The van der Waals surface area contributed by atoms with Gasteiger partial charge in [-0.25, -0.2) is 14.1 Å². The van der Waals surface area contributed by atoms with E-state index in [9.17, 15) is 14.0 Å². The Morgan fingerprint density at radius 1 is 1.44 bits per heavy atom. The van der Waals surface area contributed by atoms with Crippen LogP contribution in [0.3, 0.4) is 0 Å². The number of urea groups is 1. The zero-order valence-electron chi connectivity index (χ0n) is 8.37. The van der Waals surface area contributed by atoms with Gasteiger partial charge in [-0.3, -0.25) is 4.79 Å². The van der Waals surface area contributed by atoms with E-state index in [2.05, 4.69) is 5.32 Å². The lowest BCUT2D eigenvalue weighted by Crippen LogP contribution is -2.31. The second-order valence-corrected chi connectivity index (χ2v) is 3.38. The highest BCUT2D eigenvalue weighted by atomic mass is 19.1. The van der Waals surface area contributed by atoms with Gasteiger partial charge in [0.15, 0.2) is 0 Å². The molecule has 1 heterocycles. The molecule has 3 N–H and O–H groups in total. The van der Waals surface area contributed by atoms with Crippen molar-refractivity contribution in [3.63, 3.8) is 0 Å². The van der Waals surface area contributed by atoms with Gasteiger partial charge in [-0.15, -0.1) is 0 Å². The summed E-state index contributed by atoms with van der Waals surface area (Å²) in [4.78, 5) is 23.4. The van der Waals surface area contributed by atoms with Gasteiger partial charge in [0.1, 0.15) is 5.82 Å². The van der Waals surface area contributed by atoms with Crippen LogP contribution < -0.4 is 16.0 Å². The molecule has 1 aromatic carbocycles. The summed E-state index contributed by atoms with van der Waals surface area (Å²) in [6, 6.07) is 3.57. The van der Waals surface area contributed by atoms with Crippen LogP contribution in [0.25, 0.3) is 0 Å². The van der Waals surface area contributed by atoms with Crippen molar-refractivity contribution in [3.8, 4) is 0 Å². The molecule has 0 atom stereocenters. The molecule has 1 aliphatic heterocycles. The molecule has 6 heteroatoms. The molecule has 2 rings (SSSR count). The van der Waals surface area contributed by atoms with Gasteiger partial charge >= 0.3 is 6.03 Å². The number of imide groups is 1. The molecular weight excluding hydrogens is 213 g/mol. The lowest BCUT2D eigenvalue weighted by atomic mass is 10.2. The highest BCUT2D eigenvalue weighted by Crippen LogP contribution is 2.22. The predicted octanol–water partition coefficient (Wildman–Crippen LogP) is 0.341. The number of benzene rings is 1. The highest BCUT2D eigenvalue weighted by molar-refractivity contribution is 6.19. The quantitative estimate of drug-likeness (QED) is 0.710. The van der Waals surface area contributed by atoms with Crippen LogP contribution in [0.5, 0.6) is 0 Å². The number of carbonyl (C=O) groups excluding carboxylic acids is 2. The highest BCUT2D eigenvalue weighted by Gasteiger charge is 2.31. The van der Waals surface area contributed by atoms with Crippen LogP contribution >= 0.6 is 0 Å². The number of halogens is 1. The summed E-state index contributed by atoms with van der Waals surface area (Å²) in [5, 5.41) is 2.32. The molecule has 5 nitrogen and oxygen atoms in total. The molecule has 1 aromatic rings. The third-order valence-electron chi connectivity index (χ3n) is 2.33. The average molecular weight is 223 g/mol. The molecule has 84 valence electrons. The normalized spacial score (nSPS) is 15.5. The van der Waals surface area contributed by atoms with Gasteiger partial charge in [0.2, 0.25) is 0 Å². The minimum Gasteiger partial charge on any atom is -0.328 e. The Kier molecular flexibility index (Phi) is 2.57. The van der Waals surface area contributed by atoms with E-state index in [1.807, 2.05) is 0 Å². The summed E-state index contributed by atoms with van der Waals surface area (Å²) < 4.78 is 13.6. The zero-order chi connectivity index (χ0) is 11.7. The first-order chi connectivity index (χ1) is 7.63. The first-order valence-corrected chi connectivity index (χ1v) is 4.72. The molecule has 0 aliphatic carbocycles. The number of carbonyl (C=O) groups is 2. The van der Waals surface area contributed by atoms with E-state index < -0.39 is 17.8 Å². The Bertz CT molecular complexity index is 445. The second-order valence-electron chi connectivity index (χ2n) is 3.38. The van der Waals surface area contributed by atoms with Crippen molar-refractivity contribution < 1.29 is 14.0 Å². The summed E-state index contributed by atoms with van der Waals surface area (Å²) in [5.74, 6) is -1.10. The van der Waals surface area contributed by atoms with E-state index >= 15 is 0 Å². The van der Waals surface area contributed by atoms with Crippen LogP contribution in [0.1, 0.15) is 5.56 Å². The lowest BCUT2D eigenvalue weighted by molar-refractivity contribution is -0.115. The molecule has 0 radical (unpaired) electrons. The Balaban J connectivity index is 2.40. The molecule has 0 unspecified atom stereocenters. The van der Waals surface area contributed by atoms with Gasteiger partial charge < -0.3 is 11.1 Å². The standard InChI is InChI=1S/C10H10FN3O2/c11-7-3-6(4-12)1-2-8(7)14-9(15)5-13-10(14)16/h1-3H,4-5,12H2,(H,13,16). The SMILES string of the molecule is NCc1ccc(N2C(=O)CNC2=O)c(F)c1. The first-order valence-electron chi connectivity index (χ1n) is 4.72. The largest absolute Gasteiger partial charge is 0.329 e. The van der Waals surface area contributed by atoms with Crippen LogP contribution in [0, 0.1) is 5.82 Å². The van der Waals surface area contributed by atoms with Gasteiger partial charge in [0.25, 0.3) is 5.91 Å². The molecule has 3 amide bonds. The molecule has 0 spiro atoms. The molecule has 16 heavy (non-hydrogen) atoms. The van der Waals surface area contributed by atoms with Crippen LogP contribution in [0.2, 0.25) is 0 Å². The predicted molar refractivity (Wildman–Crippen MR) is 55.2 cm³/mol. The van der Waals surface area contributed by atoms with E-state index in [0.717, 1.165) is 4.90 Å². The Labute approximate surface area is 91.0 Å². The van der Waals surface area contributed by atoms with Crippen molar-refractivity contribution in [2.45, 2.75) is 6.54 Å². The topological polar surface area (TPSA) is 75.4 Å². The third-order valence-corrected chi connectivity index (χ3v) is 2.33. The van der Waals surface area contributed by atoms with E-state index in [0.29, 0.717) is 5.56 Å². The molecule has 1 fully saturated rings. The van der Waals surface area contributed by atoms with Crippen LogP contribution in [0.15, 0.2) is 18.2 Å². The van der Waals surface area contributed by atoms with Gasteiger partial charge in [-0.2, -0.15) is 0 Å².